The summed E-state index contributed by atoms with van der Waals surface area (Å²) in [7, 11) is 0. The molecule has 0 unspecified atom stereocenters. The molecule has 0 radical (unpaired) electrons. The van der Waals surface area contributed by atoms with Crippen LogP contribution in [0.2, 0.25) is 0 Å². The number of para-hydroxylation sites is 1. The number of hydrogen-bond acceptors (Lipinski definition) is 1. The molecule has 2 nitrogen and oxygen atoms in total. The number of benzene rings is 2. The Hall–Kier alpha value is -1.78. The van der Waals surface area contributed by atoms with Crippen LogP contribution in [-0.4, -0.2) is 18.3 Å². The fraction of sp³-hybridized carbons (Fsp3) is 0.0714. The first-order valence-electron chi connectivity index (χ1n) is 5.76. The third kappa shape index (κ3) is 2.11. The quantitative estimate of drug-likeness (QED) is 0.623. The molecule has 0 aliphatic carbocycles. The van der Waals surface area contributed by atoms with Gasteiger partial charge in [-0.2, -0.15) is 0 Å². The van der Waals surface area contributed by atoms with E-state index in [1.807, 2.05) is 0 Å². The molecule has 20 heavy (non-hydrogen) atoms. The predicted octanol–water partition coefficient (Wildman–Crippen LogP) is 3.07. The molecule has 0 N–H and O–H groups in total. The molecule has 1 aromatic heterocycles. The summed E-state index contributed by atoms with van der Waals surface area (Å²) in [5, 5.41) is 0.490. The summed E-state index contributed by atoms with van der Waals surface area (Å²) in [5.41, 5.74) is -1.21. The molecule has 2 aromatic carbocycles. The van der Waals surface area contributed by atoms with Crippen molar-refractivity contribution in [2.75, 3.05) is 0 Å². The van der Waals surface area contributed by atoms with E-state index >= 15 is 0 Å². The third-order valence-electron chi connectivity index (χ3n) is 2.92. The normalized spacial score (nSPS) is 11.9. The summed E-state index contributed by atoms with van der Waals surface area (Å²) in [5.74, 6) is 0. The van der Waals surface area contributed by atoms with Gasteiger partial charge in [0.05, 0.1) is 0 Å². The van der Waals surface area contributed by atoms with Gasteiger partial charge in [0, 0.05) is 0 Å². The molecule has 0 aliphatic heterocycles. The van der Waals surface area contributed by atoms with Gasteiger partial charge in [0.25, 0.3) is 0 Å². The molecule has 0 spiro atoms. The Kier molecular flexibility index (Phi) is 3.07. The fourth-order valence-electron chi connectivity index (χ4n) is 2.02. The first kappa shape index (κ1) is 13.2. The Morgan fingerprint density at radius 2 is 1.60 bits per heavy atom. The number of nitrogens with zero attached hydrogens (tertiary/aromatic N) is 1. The molecule has 0 saturated heterocycles. The summed E-state index contributed by atoms with van der Waals surface area (Å²) in [6, 6.07) is 12.1. The van der Waals surface area contributed by atoms with Crippen LogP contribution >= 0.6 is 0 Å². The number of rotatable bonds is 1. The topological polar surface area (TPSA) is 22.0 Å². The molecule has 0 aliphatic rings. The van der Waals surface area contributed by atoms with Gasteiger partial charge in [-0.15, -0.1) is 0 Å². The van der Waals surface area contributed by atoms with E-state index in [1.165, 1.54) is 21.8 Å². The maximum atomic E-state index is 13.0. The van der Waals surface area contributed by atoms with Crippen molar-refractivity contribution in [2.24, 2.45) is 0 Å². The van der Waals surface area contributed by atoms with Crippen molar-refractivity contribution >= 4 is 24.4 Å². The Bertz CT molecular complexity index is 832. The molecule has 0 bridgehead atoms. The van der Waals surface area contributed by atoms with Crippen LogP contribution in [0.4, 0.5) is 13.2 Å². The van der Waals surface area contributed by atoms with Crippen molar-refractivity contribution < 1.29 is 13.2 Å². The molecule has 0 saturated carbocycles. The Morgan fingerprint density at radius 3 is 2.30 bits per heavy atom. The van der Waals surface area contributed by atoms with Crippen molar-refractivity contribution in [1.29, 1.82) is 0 Å². The van der Waals surface area contributed by atoms with E-state index in [0.29, 0.717) is 5.39 Å². The fourth-order valence-corrected chi connectivity index (χ4v) is 4.18. The Balaban J connectivity index is 2.32. The average molecular weight is 342 g/mol. The first-order valence-corrected chi connectivity index (χ1v) is 7.38. The molecule has 102 valence electrons. The van der Waals surface area contributed by atoms with E-state index in [-0.39, 0.29) is 11.2 Å². The second kappa shape index (κ2) is 4.65. The van der Waals surface area contributed by atoms with Crippen molar-refractivity contribution in [3.8, 4) is 5.69 Å². The molecule has 0 atom stereocenters. The molecule has 1 heterocycles. The van der Waals surface area contributed by atoms with Crippen LogP contribution in [0.25, 0.3) is 15.3 Å². The summed E-state index contributed by atoms with van der Waals surface area (Å²) in [6.45, 7) is 0. The number of hydrogen-bond donors (Lipinski definition) is 0. The van der Waals surface area contributed by atoms with Crippen LogP contribution in [0.15, 0.2) is 53.3 Å². The third-order valence-corrected chi connectivity index (χ3v) is 5.22. The Labute approximate surface area is 118 Å². The van der Waals surface area contributed by atoms with Crippen molar-refractivity contribution in [3.05, 3.63) is 64.4 Å². The van der Waals surface area contributed by atoms with E-state index in [4.69, 9.17) is 0 Å². The van der Waals surface area contributed by atoms with Gasteiger partial charge < -0.3 is 0 Å². The van der Waals surface area contributed by atoms with Crippen LogP contribution < -0.4 is 5.56 Å². The monoisotopic (exact) mass is 343 g/mol. The van der Waals surface area contributed by atoms with Gasteiger partial charge in [-0.25, -0.2) is 0 Å². The molecular weight excluding hydrogens is 334 g/mol. The molecule has 0 amide bonds. The van der Waals surface area contributed by atoms with Gasteiger partial charge in [0.2, 0.25) is 0 Å². The second-order valence-electron chi connectivity index (χ2n) is 4.20. The van der Waals surface area contributed by atoms with E-state index in [0.717, 1.165) is 10.3 Å². The number of halogens is 3. The van der Waals surface area contributed by atoms with Crippen LogP contribution in [0.5, 0.6) is 0 Å². The summed E-state index contributed by atoms with van der Waals surface area (Å²) >= 11 is -0.463. The van der Waals surface area contributed by atoms with Crippen LogP contribution in [0, 0.1) is 0 Å². The van der Waals surface area contributed by atoms with Crippen LogP contribution in [0.3, 0.4) is 0 Å². The van der Waals surface area contributed by atoms with Crippen LogP contribution in [-0.2, 0) is 6.18 Å². The second-order valence-corrected chi connectivity index (χ2v) is 6.27. The van der Waals surface area contributed by atoms with Crippen molar-refractivity contribution in [3.63, 3.8) is 0 Å². The zero-order chi connectivity index (χ0) is 14.3. The average Bonchev–Trinajstić information content (AvgIpc) is 2.76. The Morgan fingerprint density at radius 1 is 0.950 bits per heavy atom. The number of aromatic nitrogens is 1. The molecule has 3 aromatic rings. The van der Waals surface area contributed by atoms with Gasteiger partial charge in [0.15, 0.2) is 0 Å². The molecule has 0 fully saturated rings. The van der Waals surface area contributed by atoms with Crippen molar-refractivity contribution in [1.82, 2.24) is 3.56 Å². The zero-order valence-corrected chi connectivity index (χ0v) is 11.7. The zero-order valence-electron chi connectivity index (χ0n) is 10.0. The summed E-state index contributed by atoms with van der Waals surface area (Å²) < 4.78 is 41.1. The van der Waals surface area contributed by atoms with Crippen molar-refractivity contribution in [2.45, 2.75) is 6.18 Å². The van der Waals surface area contributed by atoms with E-state index in [1.54, 1.807) is 24.3 Å². The van der Waals surface area contributed by atoms with Gasteiger partial charge in [-0.05, 0) is 0 Å². The van der Waals surface area contributed by atoms with E-state index in [2.05, 4.69) is 0 Å². The molecule has 3 rings (SSSR count). The SMILES string of the molecule is O=c1c2ccccc2[se]n1-c1ccccc1C(F)(F)F. The van der Waals surface area contributed by atoms with Crippen LogP contribution in [0.1, 0.15) is 5.56 Å². The first-order chi connectivity index (χ1) is 9.48. The van der Waals surface area contributed by atoms with Gasteiger partial charge in [-0.3, -0.25) is 0 Å². The van der Waals surface area contributed by atoms with E-state index in [9.17, 15) is 18.0 Å². The maximum absolute atomic E-state index is 13.0. The predicted molar refractivity (Wildman–Crippen MR) is 71.5 cm³/mol. The minimum absolute atomic E-state index is 0.0683. The van der Waals surface area contributed by atoms with E-state index < -0.39 is 26.5 Å². The minimum atomic E-state index is -4.47. The van der Waals surface area contributed by atoms with Gasteiger partial charge >= 0.3 is 117 Å². The number of fused-ring (bicyclic) bond motifs is 1. The summed E-state index contributed by atoms with van der Waals surface area (Å²) in [6.07, 6.45) is -4.47. The standard InChI is InChI=1S/C14H8F3NOSe/c15-14(16,17)10-6-2-3-7-11(10)18-13(19)9-5-1-4-8-12(9)20-18/h1-8H. The van der Waals surface area contributed by atoms with Gasteiger partial charge in [-0.1, -0.05) is 0 Å². The molecule has 6 heteroatoms. The van der Waals surface area contributed by atoms with Gasteiger partial charge in [0.1, 0.15) is 0 Å². The number of alkyl halides is 3. The summed E-state index contributed by atoms with van der Waals surface area (Å²) in [4.78, 5) is 12.3. The molecular formula is C14H8F3NOSe.